The second-order valence-corrected chi connectivity index (χ2v) is 6.36. The van der Waals surface area contributed by atoms with Crippen LogP contribution in [-0.2, 0) is 11.8 Å². The van der Waals surface area contributed by atoms with Crippen molar-refractivity contribution in [2.24, 2.45) is 7.05 Å². The third-order valence-corrected chi connectivity index (χ3v) is 4.70. The van der Waals surface area contributed by atoms with E-state index in [1.54, 1.807) is 6.20 Å². The lowest BCUT2D eigenvalue weighted by molar-refractivity contribution is -0.0228. The number of carbonyl (C=O) groups is 1. The van der Waals surface area contributed by atoms with E-state index in [9.17, 15) is 4.79 Å². The highest BCUT2D eigenvalue weighted by molar-refractivity contribution is 5.95. The number of amides is 1. The molecule has 1 saturated heterocycles. The highest BCUT2D eigenvalue weighted by atomic mass is 16.5. The smallest absolute Gasteiger partial charge is 0.257 e. The number of benzene rings is 1. The lowest BCUT2D eigenvalue weighted by Crippen LogP contribution is -2.42. The van der Waals surface area contributed by atoms with Crippen LogP contribution in [0, 0.1) is 0 Å². The molecule has 2 aromatic rings. The van der Waals surface area contributed by atoms with E-state index >= 15 is 0 Å². The van der Waals surface area contributed by atoms with Crippen molar-refractivity contribution < 1.29 is 9.53 Å². The van der Waals surface area contributed by atoms with Crippen molar-refractivity contribution in [1.82, 2.24) is 14.7 Å². The minimum absolute atomic E-state index is 0.0463. The van der Waals surface area contributed by atoms with Gasteiger partial charge in [0, 0.05) is 19.5 Å². The molecule has 120 valence electrons. The van der Waals surface area contributed by atoms with Gasteiger partial charge in [0.05, 0.1) is 30.6 Å². The van der Waals surface area contributed by atoms with Crippen LogP contribution in [0.25, 0.3) is 0 Å². The van der Waals surface area contributed by atoms with Crippen molar-refractivity contribution in [2.45, 2.75) is 24.9 Å². The van der Waals surface area contributed by atoms with Gasteiger partial charge in [-0.1, -0.05) is 30.3 Å². The number of aromatic nitrogens is 2. The van der Waals surface area contributed by atoms with Gasteiger partial charge in [-0.05, 0) is 18.4 Å². The summed E-state index contributed by atoms with van der Waals surface area (Å²) in [5.74, 6) is 0.594. The normalized spacial score (nSPS) is 21.4. The molecule has 0 unspecified atom stereocenters. The zero-order valence-corrected chi connectivity index (χ0v) is 13.3. The van der Waals surface area contributed by atoms with Crippen LogP contribution in [-0.4, -0.2) is 40.3 Å². The molecule has 4 rings (SSSR count). The predicted molar refractivity (Wildman–Crippen MR) is 86.2 cm³/mol. The van der Waals surface area contributed by atoms with Crippen molar-refractivity contribution in [3.05, 3.63) is 53.3 Å². The van der Waals surface area contributed by atoms with Gasteiger partial charge in [0.25, 0.3) is 5.91 Å². The first-order valence-electron chi connectivity index (χ1n) is 8.22. The molecule has 1 saturated carbocycles. The number of morpholine rings is 1. The maximum atomic E-state index is 13.0. The van der Waals surface area contributed by atoms with Crippen molar-refractivity contribution in [2.75, 3.05) is 19.7 Å². The summed E-state index contributed by atoms with van der Waals surface area (Å²) >= 11 is 0. The molecule has 2 aliphatic rings. The van der Waals surface area contributed by atoms with Gasteiger partial charge in [0.15, 0.2) is 0 Å². The van der Waals surface area contributed by atoms with E-state index in [-0.39, 0.29) is 12.0 Å². The molecule has 5 nitrogen and oxygen atoms in total. The van der Waals surface area contributed by atoms with Crippen molar-refractivity contribution in [3.63, 3.8) is 0 Å². The first-order chi connectivity index (χ1) is 11.2. The van der Waals surface area contributed by atoms with E-state index in [0.717, 1.165) is 29.7 Å². The molecule has 0 bridgehead atoms. The average molecular weight is 311 g/mol. The van der Waals surface area contributed by atoms with Gasteiger partial charge >= 0.3 is 0 Å². The standard InChI is InChI=1S/C18H21N3O2/c1-20-17(14-7-8-14)15(11-19-20)18(22)21-9-10-23-16(12-21)13-5-3-2-4-6-13/h2-6,11,14,16H,7-10,12H2,1H3/t16-/m1/s1. The zero-order chi connectivity index (χ0) is 15.8. The van der Waals surface area contributed by atoms with Crippen LogP contribution in [0.4, 0.5) is 0 Å². The van der Waals surface area contributed by atoms with E-state index < -0.39 is 0 Å². The van der Waals surface area contributed by atoms with Crippen LogP contribution < -0.4 is 0 Å². The summed E-state index contributed by atoms with van der Waals surface area (Å²) in [7, 11) is 1.93. The third kappa shape index (κ3) is 2.77. The number of ether oxygens (including phenoxy) is 1. The topological polar surface area (TPSA) is 47.4 Å². The summed E-state index contributed by atoms with van der Waals surface area (Å²) in [6.07, 6.45) is 4.00. The molecule has 1 aromatic carbocycles. The summed E-state index contributed by atoms with van der Waals surface area (Å²) in [6, 6.07) is 10.1. The van der Waals surface area contributed by atoms with Gasteiger partial charge in [-0.2, -0.15) is 5.10 Å². The van der Waals surface area contributed by atoms with Crippen molar-refractivity contribution in [1.29, 1.82) is 0 Å². The average Bonchev–Trinajstić information content (AvgIpc) is 3.37. The molecule has 23 heavy (non-hydrogen) atoms. The molecule has 0 radical (unpaired) electrons. The van der Waals surface area contributed by atoms with Crippen LogP contribution in [0.2, 0.25) is 0 Å². The van der Waals surface area contributed by atoms with E-state index in [1.807, 2.05) is 34.8 Å². The minimum atomic E-state index is -0.0463. The summed E-state index contributed by atoms with van der Waals surface area (Å²) in [4.78, 5) is 14.9. The number of nitrogens with zero attached hydrogens (tertiary/aromatic N) is 3. The molecule has 0 spiro atoms. The van der Waals surface area contributed by atoms with E-state index in [0.29, 0.717) is 25.6 Å². The molecule has 1 amide bonds. The Hall–Kier alpha value is -2.14. The van der Waals surface area contributed by atoms with Crippen LogP contribution in [0.3, 0.4) is 0 Å². The second kappa shape index (κ2) is 5.81. The quantitative estimate of drug-likeness (QED) is 0.875. The van der Waals surface area contributed by atoms with Crippen LogP contribution in [0.15, 0.2) is 36.5 Å². The fraction of sp³-hybridized carbons (Fsp3) is 0.444. The molecule has 1 aromatic heterocycles. The van der Waals surface area contributed by atoms with E-state index in [2.05, 4.69) is 17.2 Å². The second-order valence-electron chi connectivity index (χ2n) is 6.36. The van der Waals surface area contributed by atoms with Gasteiger partial charge < -0.3 is 9.64 Å². The largest absolute Gasteiger partial charge is 0.370 e. The van der Waals surface area contributed by atoms with Crippen LogP contribution in [0.1, 0.15) is 46.5 Å². The molecule has 0 N–H and O–H groups in total. The number of hydrogen-bond acceptors (Lipinski definition) is 3. The Morgan fingerprint density at radius 1 is 1.26 bits per heavy atom. The Morgan fingerprint density at radius 2 is 2.04 bits per heavy atom. The number of aryl methyl sites for hydroxylation is 1. The lowest BCUT2D eigenvalue weighted by atomic mass is 10.1. The van der Waals surface area contributed by atoms with Gasteiger partial charge in [-0.15, -0.1) is 0 Å². The van der Waals surface area contributed by atoms with Crippen molar-refractivity contribution >= 4 is 5.91 Å². The zero-order valence-electron chi connectivity index (χ0n) is 13.3. The fourth-order valence-corrected chi connectivity index (χ4v) is 3.33. The Kier molecular flexibility index (Phi) is 3.65. The van der Waals surface area contributed by atoms with Gasteiger partial charge in [-0.25, -0.2) is 0 Å². The maximum Gasteiger partial charge on any atom is 0.257 e. The Labute approximate surface area is 135 Å². The highest BCUT2D eigenvalue weighted by Gasteiger charge is 2.34. The summed E-state index contributed by atoms with van der Waals surface area (Å²) < 4.78 is 7.72. The number of carbonyl (C=O) groups excluding carboxylic acids is 1. The Morgan fingerprint density at radius 3 is 2.78 bits per heavy atom. The molecule has 2 heterocycles. The lowest BCUT2D eigenvalue weighted by Gasteiger charge is -2.33. The predicted octanol–water partition coefficient (Wildman–Crippen LogP) is 2.51. The van der Waals surface area contributed by atoms with E-state index in [1.165, 1.54) is 0 Å². The highest BCUT2D eigenvalue weighted by Crippen LogP contribution is 2.41. The number of rotatable bonds is 3. The first kappa shape index (κ1) is 14.5. The third-order valence-electron chi connectivity index (χ3n) is 4.70. The first-order valence-corrected chi connectivity index (χ1v) is 8.22. The van der Waals surface area contributed by atoms with Gasteiger partial charge in [0.2, 0.25) is 0 Å². The summed E-state index contributed by atoms with van der Waals surface area (Å²) in [5.41, 5.74) is 2.99. The fourth-order valence-electron chi connectivity index (χ4n) is 3.33. The molecule has 5 heteroatoms. The molecule has 2 fully saturated rings. The minimum Gasteiger partial charge on any atom is -0.370 e. The molecule has 1 aliphatic carbocycles. The molecule has 1 aliphatic heterocycles. The Balaban J connectivity index is 1.55. The van der Waals surface area contributed by atoms with Crippen LogP contribution >= 0.6 is 0 Å². The molecular weight excluding hydrogens is 290 g/mol. The number of hydrogen-bond donors (Lipinski definition) is 0. The summed E-state index contributed by atoms with van der Waals surface area (Å²) in [6.45, 7) is 1.81. The molecule has 1 atom stereocenters. The van der Waals surface area contributed by atoms with Gasteiger partial charge in [-0.3, -0.25) is 9.48 Å². The van der Waals surface area contributed by atoms with Gasteiger partial charge in [0.1, 0.15) is 6.10 Å². The Bertz CT molecular complexity index is 706. The van der Waals surface area contributed by atoms with Crippen molar-refractivity contribution in [3.8, 4) is 0 Å². The van der Waals surface area contributed by atoms with Crippen LogP contribution in [0.5, 0.6) is 0 Å². The monoisotopic (exact) mass is 311 g/mol. The maximum absolute atomic E-state index is 13.0. The SMILES string of the molecule is Cn1ncc(C(=O)N2CCO[C@@H](c3ccccc3)C2)c1C1CC1. The summed E-state index contributed by atoms with van der Waals surface area (Å²) in [5, 5.41) is 4.31. The van der Waals surface area contributed by atoms with E-state index in [4.69, 9.17) is 4.74 Å². The molecular formula is C18H21N3O2.